The molecule has 0 heterocycles. The van der Waals surface area contributed by atoms with E-state index < -0.39 is 17.7 Å². The third-order valence-electron chi connectivity index (χ3n) is 4.01. The summed E-state index contributed by atoms with van der Waals surface area (Å²) >= 11 is 0. The standard InChI is InChI=1S/C15H21F2NO/c1-10-4-2-3-5-14(10)18-9-15(19)11-6-7-12(16)13(17)8-11/h6-8,10,14-15,18-19H,2-5,9H2,1H3. The molecule has 2 N–H and O–H groups in total. The number of halogens is 2. The van der Waals surface area contributed by atoms with Gasteiger partial charge < -0.3 is 10.4 Å². The Balaban J connectivity index is 1.89. The Morgan fingerprint density at radius 3 is 2.68 bits per heavy atom. The number of rotatable bonds is 4. The highest BCUT2D eigenvalue weighted by Crippen LogP contribution is 2.24. The summed E-state index contributed by atoms with van der Waals surface area (Å²) in [6.07, 6.45) is 4.00. The maximum atomic E-state index is 13.1. The molecule has 2 nitrogen and oxygen atoms in total. The minimum atomic E-state index is -0.914. The van der Waals surface area contributed by atoms with Crippen LogP contribution in [-0.2, 0) is 0 Å². The number of nitrogens with one attached hydrogen (secondary N) is 1. The molecule has 4 heteroatoms. The zero-order chi connectivity index (χ0) is 13.8. The third kappa shape index (κ3) is 3.74. The van der Waals surface area contributed by atoms with Gasteiger partial charge in [0, 0.05) is 12.6 Å². The Hall–Kier alpha value is -1.00. The highest BCUT2D eigenvalue weighted by atomic mass is 19.2. The summed E-state index contributed by atoms with van der Waals surface area (Å²) in [7, 11) is 0. The molecule has 3 atom stereocenters. The molecule has 1 saturated carbocycles. The lowest BCUT2D eigenvalue weighted by molar-refractivity contribution is 0.157. The Bertz CT molecular complexity index is 425. The first kappa shape index (κ1) is 14.4. The first-order chi connectivity index (χ1) is 9.08. The van der Waals surface area contributed by atoms with Gasteiger partial charge in [0.25, 0.3) is 0 Å². The van der Waals surface area contributed by atoms with E-state index >= 15 is 0 Å². The maximum absolute atomic E-state index is 13.1. The van der Waals surface area contributed by atoms with Crippen LogP contribution in [0.5, 0.6) is 0 Å². The monoisotopic (exact) mass is 269 g/mol. The van der Waals surface area contributed by atoms with Gasteiger partial charge >= 0.3 is 0 Å². The average Bonchev–Trinajstić information content (AvgIpc) is 2.40. The molecule has 1 aromatic rings. The van der Waals surface area contributed by atoms with Gasteiger partial charge in [-0.25, -0.2) is 8.78 Å². The molecule has 0 spiro atoms. The van der Waals surface area contributed by atoms with Crippen LogP contribution < -0.4 is 5.32 Å². The lowest BCUT2D eigenvalue weighted by atomic mass is 9.86. The fraction of sp³-hybridized carbons (Fsp3) is 0.600. The van der Waals surface area contributed by atoms with Crippen LogP contribution in [-0.4, -0.2) is 17.7 Å². The smallest absolute Gasteiger partial charge is 0.159 e. The molecular weight excluding hydrogens is 248 g/mol. The van der Waals surface area contributed by atoms with Gasteiger partial charge in [0.1, 0.15) is 0 Å². The molecule has 0 radical (unpaired) electrons. The summed E-state index contributed by atoms with van der Waals surface area (Å²) in [5.41, 5.74) is 0.412. The van der Waals surface area contributed by atoms with Crippen LogP contribution in [0.3, 0.4) is 0 Å². The minimum Gasteiger partial charge on any atom is -0.387 e. The van der Waals surface area contributed by atoms with E-state index in [1.807, 2.05) is 0 Å². The molecule has 3 unspecified atom stereocenters. The number of benzene rings is 1. The number of hydrogen-bond donors (Lipinski definition) is 2. The van der Waals surface area contributed by atoms with Crippen LogP contribution in [0.4, 0.5) is 8.78 Å². The second-order valence-corrected chi connectivity index (χ2v) is 5.47. The van der Waals surface area contributed by atoms with Crippen molar-refractivity contribution in [3.05, 3.63) is 35.4 Å². The Labute approximate surface area is 112 Å². The van der Waals surface area contributed by atoms with Crippen molar-refractivity contribution in [2.24, 2.45) is 5.92 Å². The van der Waals surface area contributed by atoms with Crippen LogP contribution >= 0.6 is 0 Å². The molecule has 1 aliphatic rings. The van der Waals surface area contributed by atoms with Gasteiger partial charge in [0.2, 0.25) is 0 Å². The van der Waals surface area contributed by atoms with Crippen LogP contribution in [0.25, 0.3) is 0 Å². The summed E-state index contributed by atoms with van der Waals surface area (Å²) in [4.78, 5) is 0. The molecule has 0 amide bonds. The van der Waals surface area contributed by atoms with Gasteiger partial charge in [-0.15, -0.1) is 0 Å². The Morgan fingerprint density at radius 1 is 1.26 bits per heavy atom. The predicted molar refractivity (Wildman–Crippen MR) is 70.7 cm³/mol. The largest absolute Gasteiger partial charge is 0.387 e. The summed E-state index contributed by atoms with van der Waals surface area (Å²) in [5.74, 6) is -1.20. The second-order valence-electron chi connectivity index (χ2n) is 5.47. The zero-order valence-electron chi connectivity index (χ0n) is 11.2. The molecule has 0 aliphatic heterocycles. The molecule has 0 aromatic heterocycles. The van der Waals surface area contributed by atoms with Crippen molar-refractivity contribution < 1.29 is 13.9 Å². The van der Waals surface area contributed by atoms with E-state index in [4.69, 9.17) is 0 Å². The van der Waals surface area contributed by atoms with Crippen molar-refractivity contribution in [2.75, 3.05) is 6.54 Å². The van der Waals surface area contributed by atoms with Crippen LogP contribution in [0, 0.1) is 17.6 Å². The molecule has 0 bridgehead atoms. The van der Waals surface area contributed by atoms with E-state index in [0.29, 0.717) is 24.1 Å². The highest BCUT2D eigenvalue weighted by Gasteiger charge is 2.21. The molecule has 106 valence electrons. The molecule has 1 fully saturated rings. The van der Waals surface area contributed by atoms with E-state index in [0.717, 1.165) is 18.6 Å². The molecule has 1 aliphatic carbocycles. The highest BCUT2D eigenvalue weighted by molar-refractivity contribution is 5.20. The van der Waals surface area contributed by atoms with Crippen LogP contribution in [0.15, 0.2) is 18.2 Å². The molecular formula is C15H21F2NO. The van der Waals surface area contributed by atoms with Gasteiger partial charge in [-0.1, -0.05) is 25.8 Å². The van der Waals surface area contributed by atoms with E-state index in [2.05, 4.69) is 12.2 Å². The first-order valence-electron chi connectivity index (χ1n) is 6.94. The molecule has 0 saturated heterocycles. The lowest BCUT2D eigenvalue weighted by Gasteiger charge is -2.30. The van der Waals surface area contributed by atoms with Crippen molar-refractivity contribution in [3.8, 4) is 0 Å². The molecule has 19 heavy (non-hydrogen) atoms. The number of aliphatic hydroxyl groups is 1. The average molecular weight is 269 g/mol. The van der Waals surface area contributed by atoms with E-state index in [-0.39, 0.29) is 0 Å². The summed E-state index contributed by atoms with van der Waals surface area (Å²) in [5, 5.41) is 13.3. The fourth-order valence-electron chi connectivity index (χ4n) is 2.72. The van der Waals surface area contributed by atoms with Crippen LogP contribution in [0.2, 0.25) is 0 Å². The third-order valence-corrected chi connectivity index (χ3v) is 4.01. The Kier molecular flexibility index (Phi) is 4.88. The van der Waals surface area contributed by atoms with Gasteiger partial charge in [-0.05, 0) is 36.5 Å². The fourth-order valence-corrected chi connectivity index (χ4v) is 2.72. The zero-order valence-corrected chi connectivity index (χ0v) is 11.2. The van der Waals surface area contributed by atoms with E-state index in [1.54, 1.807) is 0 Å². The van der Waals surface area contributed by atoms with Gasteiger partial charge in [-0.2, -0.15) is 0 Å². The number of hydrogen-bond acceptors (Lipinski definition) is 2. The first-order valence-corrected chi connectivity index (χ1v) is 6.94. The maximum Gasteiger partial charge on any atom is 0.159 e. The quantitative estimate of drug-likeness (QED) is 0.880. The molecule has 1 aromatic carbocycles. The second kappa shape index (κ2) is 6.44. The number of aliphatic hydroxyl groups excluding tert-OH is 1. The van der Waals surface area contributed by atoms with Crippen molar-refractivity contribution in [2.45, 2.75) is 44.8 Å². The van der Waals surface area contributed by atoms with E-state index in [1.165, 1.54) is 25.3 Å². The van der Waals surface area contributed by atoms with Gasteiger partial charge in [0.05, 0.1) is 6.10 Å². The Morgan fingerprint density at radius 2 is 2.00 bits per heavy atom. The predicted octanol–water partition coefficient (Wildman–Crippen LogP) is 3.17. The summed E-state index contributed by atoms with van der Waals surface area (Å²) in [6.45, 7) is 2.58. The van der Waals surface area contributed by atoms with E-state index in [9.17, 15) is 13.9 Å². The van der Waals surface area contributed by atoms with Crippen molar-refractivity contribution in [3.63, 3.8) is 0 Å². The summed E-state index contributed by atoms with van der Waals surface area (Å²) in [6, 6.07) is 3.95. The topological polar surface area (TPSA) is 32.3 Å². The van der Waals surface area contributed by atoms with Gasteiger partial charge in [-0.3, -0.25) is 0 Å². The SMILES string of the molecule is CC1CCCCC1NCC(O)c1ccc(F)c(F)c1. The van der Waals surface area contributed by atoms with Crippen molar-refractivity contribution in [1.82, 2.24) is 5.32 Å². The molecule has 2 rings (SSSR count). The summed E-state index contributed by atoms with van der Waals surface area (Å²) < 4.78 is 25.9. The normalized spacial score (nSPS) is 25.3. The van der Waals surface area contributed by atoms with Crippen molar-refractivity contribution in [1.29, 1.82) is 0 Å². The van der Waals surface area contributed by atoms with Crippen molar-refractivity contribution >= 4 is 0 Å². The minimum absolute atomic E-state index is 0.375. The lowest BCUT2D eigenvalue weighted by Crippen LogP contribution is -2.39. The van der Waals surface area contributed by atoms with Crippen LogP contribution in [0.1, 0.15) is 44.3 Å². The van der Waals surface area contributed by atoms with Gasteiger partial charge in [0.15, 0.2) is 11.6 Å².